The number of rotatable bonds is 2. The Hall–Kier alpha value is -0.510. The van der Waals surface area contributed by atoms with Crippen molar-refractivity contribution in [3.05, 3.63) is 34.2 Å². The fraction of sp³-hybridized carbons (Fsp3) is 0.286. The molecule has 0 aromatic carbocycles. The number of pyridine rings is 1. The molecular weight excluding hydrogens is 199 g/mol. The molecule has 1 aromatic heterocycles. The molecule has 0 fully saturated rings. The van der Waals surface area contributed by atoms with Gasteiger partial charge in [-0.15, -0.1) is 24.8 Å². The van der Waals surface area contributed by atoms with E-state index in [0.717, 1.165) is 12.1 Å². The van der Waals surface area contributed by atoms with E-state index in [0.29, 0.717) is 0 Å². The minimum Gasteiger partial charge on any atom is -0.329 e. The predicted octanol–water partition coefficient (Wildman–Crippen LogP) is 0.938. The fourth-order valence-corrected chi connectivity index (χ4v) is 0.757. The number of aromatic nitrogens is 1. The van der Waals surface area contributed by atoms with Crippen LogP contribution in [-0.4, -0.2) is 12.0 Å². The SMILES string of the molecule is CNCc1ccc(=O)[nH]c1.Cl.Cl. The first-order valence-corrected chi connectivity index (χ1v) is 3.15. The van der Waals surface area contributed by atoms with E-state index in [1.54, 1.807) is 12.3 Å². The smallest absolute Gasteiger partial charge is 0.247 e. The lowest BCUT2D eigenvalue weighted by Gasteiger charge is -1.95. The third-order valence-electron chi connectivity index (χ3n) is 1.23. The van der Waals surface area contributed by atoms with E-state index in [9.17, 15) is 4.79 Å². The molecule has 5 heteroatoms. The van der Waals surface area contributed by atoms with Crippen LogP contribution in [0.25, 0.3) is 0 Å². The van der Waals surface area contributed by atoms with Crippen LogP contribution >= 0.6 is 24.8 Å². The second kappa shape index (κ2) is 7.16. The van der Waals surface area contributed by atoms with Gasteiger partial charge in [-0.2, -0.15) is 0 Å². The van der Waals surface area contributed by atoms with E-state index in [2.05, 4.69) is 10.3 Å². The zero-order valence-electron chi connectivity index (χ0n) is 6.66. The summed E-state index contributed by atoms with van der Waals surface area (Å²) in [6.45, 7) is 0.788. The number of halogens is 2. The van der Waals surface area contributed by atoms with Gasteiger partial charge in [-0.25, -0.2) is 0 Å². The molecule has 12 heavy (non-hydrogen) atoms. The van der Waals surface area contributed by atoms with Gasteiger partial charge in [0.2, 0.25) is 5.56 Å². The highest BCUT2D eigenvalue weighted by molar-refractivity contribution is 5.85. The number of hydrogen-bond donors (Lipinski definition) is 2. The highest BCUT2D eigenvalue weighted by Crippen LogP contribution is 1.89. The van der Waals surface area contributed by atoms with Gasteiger partial charge in [0.15, 0.2) is 0 Å². The quantitative estimate of drug-likeness (QED) is 0.764. The van der Waals surface area contributed by atoms with Crippen LogP contribution in [0.2, 0.25) is 0 Å². The van der Waals surface area contributed by atoms with E-state index in [1.807, 2.05) is 7.05 Å². The van der Waals surface area contributed by atoms with Gasteiger partial charge in [0.05, 0.1) is 0 Å². The van der Waals surface area contributed by atoms with E-state index >= 15 is 0 Å². The summed E-state index contributed by atoms with van der Waals surface area (Å²) < 4.78 is 0. The first-order valence-electron chi connectivity index (χ1n) is 3.15. The van der Waals surface area contributed by atoms with Crippen LogP contribution in [0, 0.1) is 0 Å². The topological polar surface area (TPSA) is 44.9 Å². The Morgan fingerprint density at radius 3 is 2.50 bits per heavy atom. The lowest BCUT2D eigenvalue weighted by molar-refractivity contribution is 0.812. The van der Waals surface area contributed by atoms with Crippen molar-refractivity contribution in [2.24, 2.45) is 0 Å². The van der Waals surface area contributed by atoms with Crippen molar-refractivity contribution in [3.63, 3.8) is 0 Å². The van der Waals surface area contributed by atoms with Gasteiger partial charge in [0, 0.05) is 18.8 Å². The predicted molar refractivity (Wildman–Crippen MR) is 54.3 cm³/mol. The van der Waals surface area contributed by atoms with E-state index < -0.39 is 0 Å². The first-order chi connectivity index (χ1) is 4.83. The Morgan fingerprint density at radius 1 is 1.42 bits per heavy atom. The van der Waals surface area contributed by atoms with Gasteiger partial charge >= 0.3 is 0 Å². The highest BCUT2D eigenvalue weighted by atomic mass is 35.5. The molecule has 0 aliphatic rings. The molecule has 1 rings (SSSR count). The standard InChI is InChI=1S/C7H10N2O.2ClH/c1-8-4-6-2-3-7(10)9-5-6;;/h2-3,5,8H,4H2,1H3,(H,9,10);2*1H. The van der Waals surface area contributed by atoms with Gasteiger partial charge in [-0.1, -0.05) is 6.07 Å². The fourth-order valence-electron chi connectivity index (χ4n) is 0.757. The number of aromatic amines is 1. The summed E-state index contributed by atoms with van der Waals surface area (Å²) in [5, 5.41) is 2.98. The average Bonchev–Trinajstić information content (AvgIpc) is 1.95. The summed E-state index contributed by atoms with van der Waals surface area (Å²) in [6.07, 6.45) is 1.71. The molecule has 2 N–H and O–H groups in total. The summed E-state index contributed by atoms with van der Waals surface area (Å²) in [5.74, 6) is 0. The summed E-state index contributed by atoms with van der Waals surface area (Å²) >= 11 is 0. The molecule has 0 spiro atoms. The Kier molecular flexibility index (Phi) is 8.37. The van der Waals surface area contributed by atoms with Crippen molar-refractivity contribution in [1.82, 2.24) is 10.3 Å². The summed E-state index contributed by atoms with van der Waals surface area (Å²) in [5.41, 5.74) is 1.03. The first kappa shape index (κ1) is 14.0. The van der Waals surface area contributed by atoms with Crippen molar-refractivity contribution in [1.29, 1.82) is 0 Å². The molecule has 0 unspecified atom stereocenters. The monoisotopic (exact) mass is 210 g/mol. The Labute approximate surface area is 83.4 Å². The number of nitrogens with one attached hydrogen (secondary N) is 2. The Morgan fingerprint density at radius 2 is 2.08 bits per heavy atom. The van der Waals surface area contributed by atoms with Crippen LogP contribution in [0.1, 0.15) is 5.56 Å². The molecule has 0 saturated heterocycles. The third-order valence-corrected chi connectivity index (χ3v) is 1.23. The van der Waals surface area contributed by atoms with Crippen molar-refractivity contribution >= 4 is 24.8 Å². The third kappa shape index (κ3) is 4.38. The van der Waals surface area contributed by atoms with E-state index in [1.165, 1.54) is 6.07 Å². The molecule has 0 bridgehead atoms. The zero-order chi connectivity index (χ0) is 7.40. The lowest BCUT2D eigenvalue weighted by atomic mass is 10.3. The number of H-pyrrole nitrogens is 1. The molecule has 0 radical (unpaired) electrons. The normalized spacial score (nSPS) is 8.08. The maximum absolute atomic E-state index is 10.5. The van der Waals surface area contributed by atoms with E-state index in [4.69, 9.17) is 0 Å². The van der Waals surface area contributed by atoms with Crippen molar-refractivity contribution in [3.8, 4) is 0 Å². The maximum Gasteiger partial charge on any atom is 0.247 e. The summed E-state index contributed by atoms with van der Waals surface area (Å²) in [7, 11) is 1.87. The van der Waals surface area contributed by atoms with Crippen LogP contribution < -0.4 is 10.9 Å². The Balaban J connectivity index is 0. The average molecular weight is 211 g/mol. The molecule has 0 amide bonds. The second-order valence-electron chi connectivity index (χ2n) is 2.09. The van der Waals surface area contributed by atoms with Crippen molar-refractivity contribution < 1.29 is 0 Å². The molecule has 0 saturated carbocycles. The lowest BCUT2D eigenvalue weighted by Crippen LogP contribution is -2.08. The van der Waals surface area contributed by atoms with E-state index in [-0.39, 0.29) is 30.4 Å². The maximum atomic E-state index is 10.5. The molecule has 70 valence electrons. The van der Waals surface area contributed by atoms with Crippen LogP contribution in [0.15, 0.2) is 23.1 Å². The van der Waals surface area contributed by atoms with Gasteiger partial charge in [0.1, 0.15) is 0 Å². The molecule has 1 aromatic rings. The Bertz CT molecular complexity index is 241. The molecule has 0 aliphatic carbocycles. The van der Waals surface area contributed by atoms with Gasteiger partial charge in [0.25, 0.3) is 0 Å². The minimum atomic E-state index is -0.0557. The van der Waals surface area contributed by atoms with Gasteiger partial charge < -0.3 is 10.3 Å². The minimum absolute atomic E-state index is 0. The zero-order valence-corrected chi connectivity index (χ0v) is 8.30. The van der Waals surface area contributed by atoms with Crippen molar-refractivity contribution in [2.75, 3.05) is 7.05 Å². The summed E-state index contributed by atoms with van der Waals surface area (Å²) in [4.78, 5) is 13.1. The highest BCUT2D eigenvalue weighted by Gasteiger charge is 1.87. The molecular formula is C7H12Cl2N2O. The van der Waals surface area contributed by atoms with Crippen LogP contribution in [0.5, 0.6) is 0 Å². The number of hydrogen-bond acceptors (Lipinski definition) is 2. The molecule has 0 atom stereocenters. The second-order valence-corrected chi connectivity index (χ2v) is 2.09. The van der Waals surface area contributed by atoms with Crippen LogP contribution in [0.4, 0.5) is 0 Å². The van der Waals surface area contributed by atoms with Crippen LogP contribution in [0.3, 0.4) is 0 Å². The molecule has 3 nitrogen and oxygen atoms in total. The van der Waals surface area contributed by atoms with Crippen molar-refractivity contribution in [2.45, 2.75) is 6.54 Å². The van der Waals surface area contributed by atoms with Crippen LogP contribution in [-0.2, 0) is 6.54 Å². The van der Waals surface area contributed by atoms with Gasteiger partial charge in [-0.05, 0) is 12.6 Å². The van der Waals surface area contributed by atoms with Gasteiger partial charge in [-0.3, -0.25) is 4.79 Å². The largest absolute Gasteiger partial charge is 0.329 e. The molecule has 1 heterocycles. The summed E-state index contributed by atoms with van der Waals surface area (Å²) in [6, 6.07) is 3.32. The molecule has 0 aliphatic heterocycles.